The van der Waals surface area contributed by atoms with Crippen LogP contribution in [0.4, 0.5) is 5.69 Å². The average molecular weight is 412 g/mol. The molecule has 1 atom stereocenters. The Hall–Kier alpha value is -3.78. The van der Waals surface area contributed by atoms with Crippen LogP contribution in [0.3, 0.4) is 0 Å². The van der Waals surface area contributed by atoms with Crippen molar-refractivity contribution < 1.29 is 14.3 Å². The van der Waals surface area contributed by atoms with Crippen molar-refractivity contribution in [3.8, 4) is 17.6 Å². The van der Waals surface area contributed by atoms with Gasteiger partial charge in [0.15, 0.2) is 0 Å². The lowest BCUT2D eigenvalue weighted by Gasteiger charge is -2.16. The molecule has 31 heavy (non-hydrogen) atoms. The van der Waals surface area contributed by atoms with Gasteiger partial charge in [-0.05, 0) is 30.5 Å². The highest BCUT2D eigenvalue weighted by molar-refractivity contribution is 6.00. The first kappa shape index (κ1) is 20.5. The van der Waals surface area contributed by atoms with Gasteiger partial charge in [0.25, 0.3) is 0 Å². The predicted octanol–water partition coefficient (Wildman–Crippen LogP) is 3.70. The molecule has 1 fully saturated rings. The Morgan fingerprint density at radius 3 is 2.68 bits per heavy atom. The summed E-state index contributed by atoms with van der Waals surface area (Å²) in [5, 5.41) is 4.97. The van der Waals surface area contributed by atoms with Crippen LogP contribution in [0, 0.1) is 24.7 Å². The maximum atomic E-state index is 12.4. The lowest BCUT2D eigenvalue weighted by Crippen LogP contribution is -2.33. The van der Waals surface area contributed by atoms with Crippen LogP contribution in [0.5, 0.6) is 5.75 Å². The molecule has 3 aromatic rings. The largest absolute Gasteiger partial charge is 0.480 e. The Labute approximate surface area is 182 Å². The van der Waals surface area contributed by atoms with Crippen LogP contribution in [-0.4, -0.2) is 31.5 Å². The molecule has 0 aromatic heterocycles. The molecule has 4 rings (SSSR count). The number of hydrogen-bond acceptors (Lipinski definition) is 3. The summed E-state index contributed by atoms with van der Waals surface area (Å²) in [6, 6.07) is 21.7. The maximum absolute atomic E-state index is 12.4. The van der Waals surface area contributed by atoms with Crippen LogP contribution in [0.15, 0.2) is 66.7 Å². The summed E-state index contributed by atoms with van der Waals surface area (Å²) in [5.41, 5.74) is 1.96. The molecule has 1 heterocycles. The first-order valence-corrected chi connectivity index (χ1v) is 10.3. The Morgan fingerprint density at radius 2 is 1.84 bits per heavy atom. The predicted molar refractivity (Wildman–Crippen MR) is 122 cm³/mol. The standard InChI is InChI=1S/C26H24N2O3/c1-19-11-13-22(14-12-19)28-18-21(17-25(28)29)26(30)27-15-4-5-16-31-24-10-6-8-20-7-2-3-9-23(20)24/h2-3,6-14,21H,15-18H2,1H3,(H,27,30). The number of benzene rings is 3. The zero-order valence-corrected chi connectivity index (χ0v) is 17.4. The van der Waals surface area contributed by atoms with Gasteiger partial charge in [-0.2, -0.15) is 0 Å². The fourth-order valence-electron chi connectivity index (χ4n) is 3.68. The second kappa shape index (κ2) is 9.36. The number of amides is 2. The second-order valence-electron chi connectivity index (χ2n) is 7.58. The van der Waals surface area contributed by atoms with Gasteiger partial charge in [0, 0.05) is 24.0 Å². The van der Waals surface area contributed by atoms with Gasteiger partial charge in [-0.25, -0.2) is 0 Å². The third kappa shape index (κ3) is 4.87. The van der Waals surface area contributed by atoms with E-state index in [0.717, 1.165) is 27.8 Å². The van der Waals surface area contributed by atoms with Crippen LogP contribution in [0.25, 0.3) is 10.8 Å². The van der Waals surface area contributed by atoms with E-state index in [-0.39, 0.29) is 37.3 Å². The zero-order valence-electron chi connectivity index (χ0n) is 17.4. The van der Waals surface area contributed by atoms with E-state index >= 15 is 0 Å². The van der Waals surface area contributed by atoms with E-state index in [2.05, 4.69) is 17.2 Å². The third-order valence-corrected chi connectivity index (χ3v) is 5.37. The van der Waals surface area contributed by atoms with Crippen molar-refractivity contribution in [2.45, 2.75) is 13.3 Å². The minimum Gasteiger partial charge on any atom is -0.480 e. The fraction of sp³-hybridized carbons (Fsp3) is 0.231. The van der Waals surface area contributed by atoms with Crippen molar-refractivity contribution >= 4 is 28.3 Å². The molecule has 156 valence electrons. The summed E-state index contributed by atoms with van der Waals surface area (Å²) in [5.74, 6) is 6.10. The number of nitrogens with zero attached hydrogens (tertiary/aromatic N) is 1. The number of aryl methyl sites for hydroxylation is 1. The Kier molecular flexibility index (Phi) is 6.18. The third-order valence-electron chi connectivity index (χ3n) is 5.37. The van der Waals surface area contributed by atoms with Crippen molar-refractivity contribution in [1.82, 2.24) is 5.32 Å². The summed E-state index contributed by atoms with van der Waals surface area (Å²) in [6.45, 7) is 2.87. The minimum absolute atomic E-state index is 0.0291. The molecule has 1 aliphatic heterocycles. The minimum atomic E-state index is -0.359. The second-order valence-corrected chi connectivity index (χ2v) is 7.58. The average Bonchev–Trinajstić information content (AvgIpc) is 3.18. The van der Waals surface area contributed by atoms with Crippen LogP contribution in [0.2, 0.25) is 0 Å². The van der Waals surface area contributed by atoms with Crippen molar-refractivity contribution in [2.24, 2.45) is 5.92 Å². The van der Waals surface area contributed by atoms with Crippen LogP contribution in [0.1, 0.15) is 12.0 Å². The molecule has 1 N–H and O–H groups in total. The fourth-order valence-corrected chi connectivity index (χ4v) is 3.68. The molecule has 5 heteroatoms. The molecule has 1 saturated heterocycles. The summed E-state index contributed by atoms with van der Waals surface area (Å²) in [4.78, 5) is 26.4. The van der Waals surface area contributed by atoms with Gasteiger partial charge in [0.05, 0.1) is 12.5 Å². The number of fused-ring (bicyclic) bond motifs is 1. The van der Waals surface area contributed by atoms with E-state index < -0.39 is 0 Å². The van der Waals surface area contributed by atoms with Crippen molar-refractivity contribution in [3.63, 3.8) is 0 Å². The van der Waals surface area contributed by atoms with Crippen LogP contribution >= 0.6 is 0 Å². The van der Waals surface area contributed by atoms with E-state index in [1.807, 2.05) is 73.7 Å². The number of rotatable bonds is 5. The van der Waals surface area contributed by atoms with Crippen molar-refractivity contribution in [1.29, 1.82) is 0 Å². The number of carbonyl (C=O) groups excluding carboxylic acids is 2. The number of hydrogen-bond donors (Lipinski definition) is 1. The normalized spacial score (nSPS) is 15.5. The van der Waals surface area contributed by atoms with E-state index in [4.69, 9.17) is 4.74 Å². The maximum Gasteiger partial charge on any atom is 0.227 e. The van der Waals surface area contributed by atoms with E-state index in [0.29, 0.717) is 6.54 Å². The van der Waals surface area contributed by atoms with Gasteiger partial charge in [-0.15, -0.1) is 0 Å². The van der Waals surface area contributed by atoms with Gasteiger partial charge in [-0.1, -0.05) is 65.9 Å². The first-order chi connectivity index (χ1) is 15.1. The molecular formula is C26H24N2O3. The molecule has 2 amide bonds. The molecule has 0 radical (unpaired) electrons. The van der Waals surface area contributed by atoms with Gasteiger partial charge in [0.2, 0.25) is 11.8 Å². The Balaban J connectivity index is 1.25. The van der Waals surface area contributed by atoms with Crippen molar-refractivity contribution in [3.05, 3.63) is 72.3 Å². The van der Waals surface area contributed by atoms with E-state index in [1.165, 1.54) is 0 Å². The summed E-state index contributed by atoms with van der Waals surface area (Å²) >= 11 is 0. The van der Waals surface area contributed by atoms with Gasteiger partial charge in [-0.3, -0.25) is 9.59 Å². The number of nitrogens with one attached hydrogen (secondary N) is 1. The number of carbonyl (C=O) groups is 2. The SMILES string of the molecule is Cc1ccc(N2CC(C(=O)NCC#CCOc3cccc4ccccc34)CC2=O)cc1. The molecular weight excluding hydrogens is 388 g/mol. The molecule has 1 unspecified atom stereocenters. The lowest BCUT2D eigenvalue weighted by atomic mass is 10.1. The Bertz CT molecular complexity index is 1150. The molecule has 5 nitrogen and oxygen atoms in total. The van der Waals surface area contributed by atoms with Gasteiger partial charge >= 0.3 is 0 Å². The lowest BCUT2D eigenvalue weighted by molar-refractivity contribution is -0.126. The number of anilines is 1. The highest BCUT2D eigenvalue weighted by Gasteiger charge is 2.34. The van der Waals surface area contributed by atoms with E-state index in [1.54, 1.807) is 4.90 Å². The molecule has 0 spiro atoms. The quantitative estimate of drug-likeness (QED) is 0.650. The molecule has 3 aromatic carbocycles. The van der Waals surface area contributed by atoms with E-state index in [9.17, 15) is 9.59 Å². The summed E-state index contributed by atoms with van der Waals surface area (Å²) in [6.07, 6.45) is 0.220. The monoisotopic (exact) mass is 412 g/mol. The topological polar surface area (TPSA) is 58.6 Å². The van der Waals surface area contributed by atoms with Crippen LogP contribution in [-0.2, 0) is 9.59 Å². The molecule has 1 aliphatic rings. The highest BCUT2D eigenvalue weighted by Crippen LogP contribution is 2.26. The first-order valence-electron chi connectivity index (χ1n) is 10.3. The Morgan fingerprint density at radius 1 is 1.06 bits per heavy atom. The summed E-state index contributed by atoms with van der Waals surface area (Å²) < 4.78 is 5.77. The smallest absolute Gasteiger partial charge is 0.227 e. The number of ether oxygens (including phenoxy) is 1. The zero-order chi connectivity index (χ0) is 21.6. The molecule has 0 aliphatic carbocycles. The van der Waals surface area contributed by atoms with Crippen molar-refractivity contribution in [2.75, 3.05) is 24.6 Å². The molecule has 0 bridgehead atoms. The van der Waals surface area contributed by atoms with Crippen LogP contribution < -0.4 is 15.0 Å². The van der Waals surface area contributed by atoms with Gasteiger partial charge < -0.3 is 15.0 Å². The highest BCUT2D eigenvalue weighted by atomic mass is 16.5. The summed E-state index contributed by atoms with van der Waals surface area (Å²) in [7, 11) is 0. The molecule has 0 saturated carbocycles. The van der Waals surface area contributed by atoms with Gasteiger partial charge in [0.1, 0.15) is 12.4 Å².